The van der Waals surface area contributed by atoms with Crippen LogP contribution in [0.2, 0.25) is 0 Å². The normalized spacial score (nSPS) is 17.2. The topological polar surface area (TPSA) is 117 Å². The summed E-state index contributed by atoms with van der Waals surface area (Å²) in [6, 6.07) is 27.1. The highest BCUT2D eigenvalue weighted by Gasteiger charge is 2.42. The Balaban J connectivity index is 1.69. The van der Waals surface area contributed by atoms with Crippen molar-refractivity contribution in [1.29, 1.82) is 5.26 Å². The van der Waals surface area contributed by atoms with Gasteiger partial charge in [-0.2, -0.15) is 5.26 Å². The number of nitrogens with zero attached hydrogens (tertiary/aromatic N) is 3. The molecule has 1 aliphatic rings. The molecule has 47 heavy (non-hydrogen) atoms. The van der Waals surface area contributed by atoms with Crippen molar-refractivity contribution in [2.45, 2.75) is 70.4 Å². The van der Waals surface area contributed by atoms with Gasteiger partial charge in [-0.25, -0.2) is 4.67 Å². The number of hydrogen-bond donors (Lipinski definition) is 0. The summed E-state index contributed by atoms with van der Waals surface area (Å²) >= 11 is 0. The second kappa shape index (κ2) is 16.9. The van der Waals surface area contributed by atoms with Crippen LogP contribution < -0.4 is 14.6 Å². The van der Waals surface area contributed by atoms with Gasteiger partial charge in [0.25, 0.3) is 8.53 Å². The van der Waals surface area contributed by atoms with Gasteiger partial charge in [0.05, 0.1) is 52.1 Å². The summed E-state index contributed by atoms with van der Waals surface area (Å²) < 4.78 is 32.7. The van der Waals surface area contributed by atoms with Crippen LogP contribution in [0.1, 0.15) is 57.2 Å². The molecular formula is C36H45N3O7P-. The molecule has 252 valence electrons. The van der Waals surface area contributed by atoms with Gasteiger partial charge in [0.15, 0.2) is 0 Å². The molecule has 0 radical (unpaired) electrons. The average molecular weight is 663 g/mol. The van der Waals surface area contributed by atoms with Crippen molar-refractivity contribution in [3.63, 3.8) is 0 Å². The summed E-state index contributed by atoms with van der Waals surface area (Å²) in [6.45, 7) is 8.65. The Kier molecular flexibility index (Phi) is 13.0. The standard InChI is InChI=1S/C36H46N3O7P/c1-26(2)39(27(3)4)47(45-22-10-21-37)46-34-23-31(38(24-34)35(40)41)25-44-36(28-11-8-7-9-12-28,29-13-17-32(42-5)18-14-29)30-15-19-33(43-6)20-16-30/h7-9,11-20,26-27,31,34H,10,22-25H2,1-6H3,(H,40,41)/p-1/t31-,34+,47?/m0/s1. The van der Waals surface area contributed by atoms with Crippen molar-refractivity contribution < 1.29 is 33.2 Å². The van der Waals surface area contributed by atoms with Crippen LogP contribution in [0.4, 0.5) is 4.79 Å². The average Bonchev–Trinajstić information content (AvgIpc) is 3.48. The molecule has 1 unspecified atom stereocenters. The zero-order valence-corrected chi connectivity index (χ0v) is 28.9. The summed E-state index contributed by atoms with van der Waals surface area (Å²) in [6.07, 6.45) is -1.13. The molecule has 3 atom stereocenters. The minimum Gasteiger partial charge on any atom is -0.530 e. The van der Waals surface area contributed by atoms with Gasteiger partial charge in [-0.15, -0.1) is 0 Å². The van der Waals surface area contributed by atoms with Crippen molar-refractivity contribution in [2.75, 3.05) is 34.0 Å². The highest BCUT2D eigenvalue weighted by atomic mass is 31.2. The van der Waals surface area contributed by atoms with Gasteiger partial charge < -0.3 is 38.1 Å². The van der Waals surface area contributed by atoms with Crippen molar-refractivity contribution in [3.8, 4) is 17.6 Å². The number of rotatable bonds is 16. The third-order valence-corrected chi connectivity index (χ3v) is 10.4. The largest absolute Gasteiger partial charge is 0.530 e. The molecule has 1 heterocycles. The lowest BCUT2D eigenvalue weighted by Gasteiger charge is -2.38. The van der Waals surface area contributed by atoms with Crippen LogP contribution in [0.3, 0.4) is 0 Å². The summed E-state index contributed by atoms with van der Waals surface area (Å²) in [5.41, 5.74) is 1.47. The third kappa shape index (κ3) is 8.61. The van der Waals surface area contributed by atoms with Gasteiger partial charge in [0.2, 0.25) is 0 Å². The maximum absolute atomic E-state index is 12.5. The number of benzene rings is 3. The lowest BCUT2D eigenvalue weighted by molar-refractivity contribution is -0.267. The molecular weight excluding hydrogens is 617 g/mol. The quantitative estimate of drug-likeness (QED) is 0.102. The van der Waals surface area contributed by atoms with Crippen LogP contribution in [0.25, 0.3) is 0 Å². The van der Waals surface area contributed by atoms with Crippen LogP contribution in [0.5, 0.6) is 11.5 Å². The second-order valence-electron chi connectivity index (χ2n) is 11.9. The van der Waals surface area contributed by atoms with Gasteiger partial charge in [0, 0.05) is 18.6 Å². The van der Waals surface area contributed by atoms with E-state index < -0.39 is 32.4 Å². The molecule has 1 saturated heterocycles. The van der Waals surface area contributed by atoms with E-state index in [4.69, 9.17) is 28.5 Å². The van der Waals surface area contributed by atoms with Crippen LogP contribution in [-0.2, 0) is 19.4 Å². The Morgan fingerprint density at radius 2 is 1.47 bits per heavy atom. The van der Waals surface area contributed by atoms with Crippen molar-refractivity contribution >= 4 is 14.6 Å². The lowest BCUT2D eigenvalue weighted by atomic mass is 9.80. The Labute approximate surface area is 279 Å². The molecule has 1 amide bonds. The number of carbonyl (C=O) groups is 1. The van der Waals surface area contributed by atoms with Gasteiger partial charge in [-0.05, 0) is 75.1 Å². The van der Waals surface area contributed by atoms with Gasteiger partial charge in [-0.1, -0.05) is 54.6 Å². The molecule has 0 saturated carbocycles. The fourth-order valence-electron chi connectivity index (χ4n) is 6.05. The highest BCUT2D eigenvalue weighted by Crippen LogP contribution is 2.49. The Hall–Kier alpha value is -3.71. The Morgan fingerprint density at radius 1 is 0.936 bits per heavy atom. The number of nitriles is 1. The van der Waals surface area contributed by atoms with Gasteiger partial charge >= 0.3 is 0 Å². The number of amides is 1. The molecule has 0 bridgehead atoms. The summed E-state index contributed by atoms with van der Waals surface area (Å²) in [5, 5.41) is 21.6. The van der Waals surface area contributed by atoms with Crippen molar-refractivity contribution in [3.05, 3.63) is 95.6 Å². The first-order valence-electron chi connectivity index (χ1n) is 15.9. The van der Waals surface area contributed by atoms with E-state index >= 15 is 0 Å². The monoisotopic (exact) mass is 662 g/mol. The number of likely N-dealkylation sites (tertiary alicyclic amines) is 1. The highest BCUT2D eigenvalue weighted by molar-refractivity contribution is 7.44. The molecule has 0 N–H and O–H groups in total. The SMILES string of the molecule is COc1ccc(C(OC[C@@H]2C[C@@H](OP(OCCC#N)N(C(C)C)C(C)C)CN2C(=O)[O-])(c2ccccc2)c2ccc(OC)cc2)cc1. The van der Waals surface area contributed by atoms with E-state index in [1.165, 1.54) is 4.90 Å². The molecule has 1 aliphatic heterocycles. The molecule has 1 fully saturated rings. The second-order valence-corrected chi connectivity index (χ2v) is 13.3. The van der Waals surface area contributed by atoms with Crippen LogP contribution in [-0.4, -0.2) is 73.9 Å². The first kappa shape index (κ1) is 36.1. The molecule has 0 spiro atoms. The maximum atomic E-state index is 12.5. The Morgan fingerprint density at radius 3 is 1.94 bits per heavy atom. The van der Waals surface area contributed by atoms with Gasteiger partial charge in [0.1, 0.15) is 23.2 Å². The first-order chi connectivity index (χ1) is 22.6. The van der Waals surface area contributed by atoms with E-state index in [-0.39, 0.29) is 38.3 Å². The molecule has 11 heteroatoms. The number of ether oxygens (including phenoxy) is 3. The molecule has 3 aromatic rings. The third-order valence-electron chi connectivity index (χ3n) is 8.18. The van der Waals surface area contributed by atoms with Gasteiger partial charge in [-0.3, -0.25) is 0 Å². The van der Waals surface area contributed by atoms with Crippen molar-refractivity contribution in [1.82, 2.24) is 9.57 Å². The maximum Gasteiger partial charge on any atom is 0.259 e. The molecule has 10 nitrogen and oxygen atoms in total. The smallest absolute Gasteiger partial charge is 0.259 e. The van der Waals surface area contributed by atoms with Crippen LogP contribution in [0.15, 0.2) is 78.9 Å². The van der Waals surface area contributed by atoms with E-state index in [0.29, 0.717) is 17.9 Å². The van der Waals surface area contributed by atoms with E-state index in [1.54, 1.807) is 14.2 Å². The minimum atomic E-state index is -1.56. The zero-order valence-electron chi connectivity index (χ0n) is 28.0. The molecule has 4 rings (SSSR count). The predicted octanol–water partition coefficient (Wildman–Crippen LogP) is 6.09. The Bertz CT molecular complexity index is 1390. The fourth-order valence-corrected chi connectivity index (χ4v) is 7.76. The summed E-state index contributed by atoms with van der Waals surface area (Å²) in [4.78, 5) is 13.8. The predicted molar refractivity (Wildman–Crippen MR) is 179 cm³/mol. The number of methoxy groups -OCH3 is 2. The number of hydrogen-bond acceptors (Lipinski definition) is 9. The van der Waals surface area contributed by atoms with Crippen LogP contribution in [0, 0.1) is 11.3 Å². The van der Waals surface area contributed by atoms with E-state index in [0.717, 1.165) is 16.7 Å². The number of carboxylic acid groups (broad SMARTS) is 1. The van der Waals surface area contributed by atoms with Crippen LogP contribution >= 0.6 is 8.53 Å². The van der Waals surface area contributed by atoms with E-state index in [9.17, 15) is 9.90 Å². The molecule has 0 aromatic heterocycles. The summed E-state index contributed by atoms with van der Waals surface area (Å²) in [7, 11) is 1.68. The summed E-state index contributed by atoms with van der Waals surface area (Å²) in [5.74, 6) is 1.41. The minimum absolute atomic E-state index is 0.0616. The lowest BCUT2D eigenvalue weighted by Crippen LogP contribution is -2.47. The van der Waals surface area contributed by atoms with E-state index in [1.807, 2.05) is 78.9 Å². The first-order valence-corrected chi connectivity index (χ1v) is 17.0. The van der Waals surface area contributed by atoms with E-state index in [2.05, 4.69) is 38.4 Å². The molecule has 0 aliphatic carbocycles. The fraction of sp³-hybridized carbons (Fsp3) is 0.444. The number of carbonyl (C=O) groups excluding carboxylic acids is 1. The zero-order chi connectivity index (χ0) is 34.0. The van der Waals surface area contributed by atoms with Crippen molar-refractivity contribution in [2.24, 2.45) is 0 Å². The molecule has 3 aromatic carbocycles.